The van der Waals surface area contributed by atoms with Crippen molar-refractivity contribution in [3.63, 3.8) is 0 Å². The van der Waals surface area contributed by atoms with Crippen molar-refractivity contribution in [2.45, 2.75) is 38.0 Å². The lowest BCUT2D eigenvalue weighted by Crippen LogP contribution is -2.21. The van der Waals surface area contributed by atoms with Gasteiger partial charge < -0.3 is 10.0 Å². The fourth-order valence-corrected chi connectivity index (χ4v) is 6.15. The molecule has 0 bridgehead atoms. The zero-order valence-electron chi connectivity index (χ0n) is 19.8. The Morgan fingerprint density at radius 2 is 1.71 bits per heavy atom. The zero-order valence-corrected chi connectivity index (χ0v) is 21.4. The number of aliphatic hydroxyl groups excluding tert-OH is 1. The van der Waals surface area contributed by atoms with Crippen LogP contribution in [0.4, 0.5) is 20.2 Å². The highest BCUT2D eigenvalue weighted by Gasteiger charge is 2.25. The van der Waals surface area contributed by atoms with Gasteiger partial charge >= 0.3 is 0 Å². The Hall–Kier alpha value is -2.82. The highest BCUT2D eigenvalue weighted by atomic mass is 32.2. The predicted molar refractivity (Wildman–Crippen MR) is 135 cm³/mol. The summed E-state index contributed by atoms with van der Waals surface area (Å²) in [6.07, 6.45) is 2.05. The summed E-state index contributed by atoms with van der Waals surface area (Å²) in [5.41, 5.74) is 2.90. The van der Waals surface area contributed by atoms with E-state index in [-0.39, 0.29) is 33.5 Å². The molecule has 1 aliphatic heterocycles. The number of Topliss-reactive ketones (excluding diaryl/α,β-unsaturated/α-hetero) is 1. The lowest BCUT2D eigenvalue weighted by Gasteiger charge is -2.24. The normalized spacial score (nSPS) is 13.4. The quantitative estimate of drug-likeness (QED) is 0.423. The maximum absolute atomic E-state index is 14.8. The standard InChI is InChI=1S/C24H24F2N2O3S2.CH4O/c1-15-13-20(26)23(28-10-3-4-11-28)16(2)19(15)14-22(29)24-21(9-12-32-24)27-33(30,31)18-7-5-17(25)6-8-18;1-2/h5-9,12-13,27H,3-4,10-11,14H2,1-2H3;2H,1H3. The molecule has 1 aromatic heterocycles. The molecule has 1 aliphatic rings. The number of nitrogens with one attached hydrogen (secondary N) is 1. The summed E-state index contributed by atoms with van der Waals surface area (Å²) in [6, 6.07) is 7.45. The van der Waals surface area contributed by atoms with E-state index >= 15 is 0 Å². The number of hydrogen-bond acceptors (Lipinski definition) is 6. The van der Waals surface area contributed by atoms with E-state index in [0.29, 0.717) is 11.3 Å². The largest absolute Gasteiger partial charge is 0.400 e. The topological polar surface area (TPSA) is 86.7 Å². The second-order valence-electron chi connectivity index (χ2n) is 8.14. The van der Waals surface area contributed by atoms with Crippen molar-refractivity contribution in [3.05, 3.63) is 75.0 Å². The maximum atomic E-state index is 14.8. The van der Waals surface area contributed by atoms with Crippen LogP contribution in [0.3, 0.4) is 0 Å². The van der Waals surface area contributed by atoms with Crippen LogP contribution in [0.5, 0.6) is 0 Å². The smallest absolute Gasteiger partial charge is 0.261 e. The van der Waals surface area contributed by atoms with Crippen molar-refractivity contribution >= 4 is 38.5 Å². The Morgan fingerprint density at radius 1 is 1.09 bits per heavy atom. The Kier molecular flexibility index (Phi) is 8.63. The van der Waals surface area contributed by atoms with E-state index in [1.165, 1.54) is 12.1 Å². The molecule has 10 heteroatoms. The van der Waals surface area contributed by atoms with Gasteiger partial charge in [-0.25, -0.2) is 17.2 Å². The Morgan fingerprint density at radius 3 is 2.34 bits per heavy atom. The SMILES string of the molecule is CO.Cc1cc(F)c(N2CCCC2)c(C)c1CC(=O)c1sccc1NS(=O)(=O)c1ccc(F)cc1. The molecule has 0 aliphatic carbocycles. The average Bonchev–Trinajstić information content (AvgIpc) is 3.50. The van der Waals surface area contributed by atoms with E-state index in [0.717, 1.165) is 79.8 Å². The van der Waals surface area contributed by atoms with Gasteiger partial charge in [-0.2, -0.15) is 0 Å². The predicted octanol–water partition coefficient (Wildman–Crippen LogP) is 5.08. The number of anilines is 2. The average molecular weight is 523 g/mol. The molecule has 3 aromatic rings. The number of aliphatic hydroxyl groups is 1. The van der Waals surface area contributed by atoms with Gasteiger partial charge in [-0.1, -0.05) is 0 Å². The third-order valence-electron chi connectivity index (χ3n) is 5.90. The Balaban J connectivity index is 0.00000167. The second-order valence-corrected chi connectivity index (χ2v) is 10.7. The first-order valence-electron chi connectivity index (χ1n) is 11.0. The van der Waals surface area contributed by atoms with Gasteiger partial charge in [0.05, 0.1) is 21.1 Å². The zero-order chi connectivity index (χ0) is 25.8. The van der Waals surface area contributed by atoms with Gasteiger partial charge in [0.1, 0.15) is 11.6 Å². The lowest BCUT2D eigenvalue weighted by molar-refractivity contribution is 0.0997. The number of benzene rings is 2. The highest BCUT2D eigenvalue weighted by molar-refractivity contribution is 7.92. The number of carbonyl (C=O) groups is 1. The summed E-state index contributed by atoms with van der Waals surface area (Å²) < 4.78 is 55.7. The molecule has 188 valence electrons. The molecule has 0 radical (unpaired) electrons. The number of hydrogen-bond donors (Lipinski definition) is 2. The second kappa shape index (κ2) is 11.3. The van der Waals surface area contributed by atoms with Gasteiger partial charge in [0.25, 0.3) is 10.0 Å². The van der Waals surface area contributed by atoms with Crippen LogP contribution in [0.2, 0.25) is 0 Å². The van der Waals surface area contributed by atoms with E-state index in [4.69, 9.17) is 5.11 Å². The molecule has 2 N–H and O–H groups in total. The van der Waals surface area contributed by atoms with Crippen molar-refractivity contribution in [3.8, 4) is 0 Å². The molecule has 1 fully saturated rings. The molecule has 2 heterocycles. The van der Waals surface area contributed by atoms with Crippen LogP contribution in [-0.4, -0.2) is 39.5 Å². The first kappa shape index (κ1) is 26.8. The van der Waals surface area contributed by atoms with Crippen LogP contribution in [0, 0.1) is 25.5 Å². The van der Waals surface area contributed by atoms with Crippen molar-refractivity contribution in [1.82, 2.24) is 0 Å². The van der Waals surface area contributed by atoms with Crippen LogP contribution in [0.1, 0.15) is 39.2 Å². The van der Waals surface area contributed by atoms with E-state index < -0.39 is 15.8 Å². The molecule has 6 nitrogen and oxygen atoms in total. The van der Waals surface area contributed by atoms with Crippen molar-refractivity contribution in [1.29, 1.82) is 0 Å². The minimum Gasteiger partial charge on any atom is -0.400 e. The summed E-state index contributed by atoms with van der Waals surface area (Å²) >= 11 is 1.14. The van der Waals surface area contributed by atoms with Gasteiger partial charge in [0, 0.05) is 26.6 Å². The van der Waals surface area contributed by atoms with Crippen molar-refractivity contribution in [2.24, 2.45) is 0 Å². The Bertz CT molecular complexity index is 1300. The van der Waals surface area contributed by atoms with E-state index in [2.05, 4.69) is 4.72 Å². The molecule has 0 amide bonds. The summed E-state index contributed by atoms with van der Waals surface area (Å²) in [4.78, 5) is 15.4. The maximum Gasteiger partial charge on any atom is 0.261 e. The van der Waals surface area contributed by atoms with Gasteiger partial charge in [-0.15, -0.1) is 11.3 Å². The lowest BCUT2D eigenvalue weighted by atomic mass is 9.95. The summed E-state index contributed by atoms with van der Waals surface area (Å²) in [7, 11) is -2.99. The minimum atomic E-state index is -3.99. The fourth-order valence-electron chi connectivity index (χ4n) is 4.23. The summed E-state index contributed by atoms with van der Waals surface area (Å²) in [5, 5.41) is 8.63. The Labute approximate surface area is 208 Å². The first-order chi connectivity index (χ1) is 16.7. The number of aryl methyl sites for hydroxylation is 1. The van der Waals surface area contributed by atoms with Crippen LogP contribution in [-0.2, 0) is 16.4 Å². The molecule has 0 atom stereocenters. The molecule has 2 aromatic carbocycles. The van der Waals surface area contributed by atoms with E-state index in [1.807, 2.05) is 11.8 Å². The third kappa shape index (κ3) is 5.88. The summed E-state index contributed by atoms with van der Waals surface area (Å²) in [6.45, 7) is 5.18. The molecule has 0 unspecified atom stereocenters. The highest BCUT2D eigenvalue weighted by Crippen LogP contribution is 2.34. The monoisotopic (exact) mass is 522 g/mol. The van der Waals surface area contributed by atoms with Crippen LogP contribution in [0.15, 0.2) is 46.7 Å². The van der Waals surface area contributed by atoms with Crippen LogP contribution >= 0.6 is 11.3 Å². The third-order valence-corrected chi connectivity index (χ3v) is 8.24. The van der Waals surface area contributed by atoms with Gasteiger partial charge in [-0.3, -0.25) is 9.52 Å². The minimum absolute atomic E-state index is 0.0323. The van der Waals surface area contributed by atoms with Crippen LogP contribution < -0.4 is 9.62 Å². The number of ketones is 1. The van der Waals surface area contributed by atoms with Crippen molar-refractivity contribution in [2.75, 3.05) is 29.8 Å². The van der Waals surface area contributed by atoms with Crippen molar-refractivity contribution < 1.29 is 27.1 Å². The van der Waals surface area contributed by atoms with E-state index in [1.54, 1.807) is 12.3 Å². The first-order valence-corrected chi connectivity index (χ1v) is 13.4. The molecular weight excluding hydrogens is 494 g/mol. The summed E-state index contributed by atoms with van der Waals surface area (Å²) in [5.74, 6) is -1.09. The molecule has 35 heavy (non-hydrogen) atoms. The number of halogens is 2. The molecule has 0 spiro atoms. The van der Waals surface area contributed by atoms with Gasteiger partial charge in [0.15, 0.2) is 5.78 Å². The number of rotatable bonds is 7. The van der Waals surface area contributed by atoms with E-state index in [9.17, 15) is 22.0 Å². The number of sulfonamides is 1. The molecule has 1 saturated heterocycles. The van der Waals surface area contributed by atoms with Gasteiger partial charge in [0.2, 0.25) is 0 Å². The van der Waals surface area contributed by atoms with Crippen LogP contribution in [0.25, 0.3) is 0 Å². The number of carbonyl (C=O) groups excluding carboxylic acids is 1. The van der Waals surface area contributed by atoms with Gasteiger partial charge in [-0.05, 0) is 85.2 Å². The number of thiophene rings is 1. The molecule has 0 saturated carbocycles. The number of nitrogens with zero attached hydrogens (tertiary/aromatic N) is 1. The molecular formula is C25H28F2N2O4S2. The fraction of sp³-hybridized carbons (Fsp3) is 0.320. The molecule has 4 rings (SSSR count).